The summed E-state index contributed by atoms with van der Waals surface area (Å²) in [7, 11) is 3.44. The molecule has 0 N–H and O–H groups in total. The fourth-order valence-corrected chi connectivity index (χ4v) is 3.09. The number of ether oxygens (including phenoxy) is 1. The topological polar surface area (TPSA) is 29.5 Å². The Morgan fingerprint density at radius 3 is 2.76 bits per heavy atom. The first-order valence-electron chi connectivity index (χ1n) is 6.80. The average molecular weight is 302 g/mol. The number of fused-ring (bicyclic) bond motifs is 1. The Hall–Kier alpha value is -2.00. The number of para-hydroxylation sites is 1. The number of anilines is 1. The molecule has 2 aromatic carbocycles. The van der Waals surface area contributed by atoms with Crippen molar-refractivity contribution in [1.82, 2.24) is 0 Å². The van der Waals surface area contributed by atoms with Gasteiger partial charge in [-0.2, -0.15) is 0 Å². The number of rotatable bonds is 3. The first kappa shape index (κ1) is 14.0. The lowest BCUT2D eigenvalue weighted by atomic mass is 9.93. The molecule has 1 atom stereocenters. The van der Waals surface area contributed by atoms with Crippen molar-refractivity contribution in [2.45, 2.75) is 12.3 Å². The third kappa shape index (κ3) is 2.38. The summed E-state index contributed by atoms with van der Waals surface area (Å²) in [6.07, 6.45) is 0.587. The Labute approximate surface area is 129 Å². The monoisotopic (exact) mass is 301 g/mol. The van der Waals surface area contributed by atoms with Gasteiger partial charge in [0.25, 0.3) is 0 Å². The first-order chi connectivity index (χ1) is 10.1. The minimum Gasteiger partial charge on any atom is -0.496 e. The van der Waals surface area contributed by atoms with Gasteiger partial charge in [0.05, 0.1) is 13.0 Å². The molecule has 1 amide bonds. The van der Waals surface area contributed by atoms with Crippen LogP contribution in [0.4, 0.5) is 5.69 Å². The first-order valence-corrected chi connectivity index (χ1v) is 7.18. The van der Waals surface area contributed by atoms with Crippen molar-refractivity contribution in [3.05, 3.63) is 58.6 Å². The van der Waals surface area contributed by atoms with Crippen molar-refractivity contribution >= 4 is 23.2 Å². The predicted molar refractivity (Wildman–Crippen MR) is 84.3 cm³/mol. The maximum absolute atomic E-state index is 12.5. The van der Waals surface area contributed by atoms with E-state index < -0.39 is 0 Å². The van der Waals surface area contributed by atoms with E-state index in [0.717, 1.165) is 22.6 Å². The highest BCUT2D eigenvalue weighted by Gasteiger charge is 2.35. The molecule has 0 saturated heterocycles. The van der Waals surface area contributed by atoms with Crippen molar-refractivity contribution < 1.29 is 9.53 Å². The molecule has 1 unspecified atom stereocenters. The van der Waals surface area contributed by atoms with Crippen LogP contribution < -0.4 is 9.64 Å². The summed E-state index contributed by atoms with van der Waals surface area (Å²) >= 11 is 6.07. The summed E-state index contributed by atoms with van der Waals surface area (Å²) in [5.41, 5.74) is 2.99. The number of hydrogen-bond acceptors (Lipinski definition) is 2. The average Bonchev–Trinajstić information content (AvgIpc) is 2.73. The Balaban J connectivity index is 1.99. The van der Waals surface area contributed by atoms with Crippen LogP contribution in [0.2, 0.25) is 5.02 Å². The maximum Gasteiger partial charge on any atom is 0.234 e. The standard InChI is InChI=1S/C17H16ClNO2/c1-19-15-6-4-3-5-13(15)14(17(19)20)10-11-9-12(18)7-8-16(11)21-2/h3-9,14H,10H2,1-2H3. The second-order valence-corrected chi connectivity index (χ2v) is 5.61. The molecule has 0 spiro atoms. The SMILES string of the molecule is COc1ccc(Cl)cc1CC1C(=O)N(C)c2ccccc21. The smallest absolute Gasteiger partial charge is 0.234 e. The number of methoxy groups -OCH3 is 1. The van der Waals surface area contributed by atoms with E-state index in [-0.39, 0.29) is 11.8 Å². The fourth-order valence-electron chi connectivity index (χ4n) is 2.90. The fraction of sp³-hybridized carbons (Fsp3) is 0.235. The third-order valence-corrected chi connectivity index (χ3v) is 4.20. The van der Waals surface area contributed by atoms with Gasteiger partial charge in [0, 0.05) is 17.8 Å². The molecule has 0 saturated carbocycles. The van der Waals surface area contributed by atoms with E-state index in [1.54, 1.807) is 18.1 Å². The highest BCUT2D eigenvalue weighted by molar-refractivity contribution is 6.30. The molecule has 1 aliphatic rings. The van der Waals surface area contributed by atoms with Crippen molar-refractivity contribution in [2.75, 3.05) is 19.1 Å². The summed E-state index contributed by atoms with van der Waals surface area (Å²) < 4.78 is 5.38. The van der Waals surface area contributed by atoms with Crippen LogP contribution in [0.3, 0.4) is 0 Å². The molecular formula is C17H16ClNO2. The van der Waals surface area contributed by atoms with Crippen LogP contribution in [-0.2, 0) is 11.2 Å². The number of hydrogen-bond donors (Lipinski definition) is 0. The lowest BCUT2D eigenvalue weighted by molar-refractivity contribution is -0.119. The number of carbonyl (C=O) groups excluding carboxylic acids is 1. The van der Waals surface area contributed by atoms with E-state index >= 15 is 0 Å². The predicted octanol–water partition coefficient (Wildman–Crippen LogP) is 3.65. The van der Waals surface area contributed by atoms with Crippen LogP contribution in [0.25, 0.3) is 0 Å². The van der Waals surface area contributed by atoms with Gasteiger partial charge in [-0.15, -0.1) is 0 Å². The maximum atomic E-state index is 12.5. The summed E-state index contributed by atoms with van der Waals surface area (Å²) in [4.78, 5) is 14.2. The summed E-state index contributed by atoms with van der Waals surface area (Å²) in [5, 5.41) is 0.651. The summed E-state index contributed by atoms with van der Waals surface area (Å²) in [6.45, 7) is 0. The molecule has 1 aliphatic heterocycles. The van der Waals surface area contributed by atoms with E-state index in [9.17, 15) is 4.79 Å². The van der Waals surface area contributed by atoms with E-state index in [2.05, 4.69) is 0 Å². The molecule has 0 bridgehead atoms. The Kier molecular flexibility index (Phi) is 3.60. The molecule has 108 valence electrons. The van der Waals surface area contributed by atoms with Gasteiger partial charge >= 0.3 is 0 Å². The molecule has 2 aromatic rings. The largest absolute Gasteiger partial charge is 0.496 e. The third-order valence-electron chi connectivity index (χ3n) is 3.97. The molecule has 4 heteroatoms. The van der Waals surface area contributed by atoms with Crippen molar-refractivity contribution in [1.29, 1.82) is 0 Å². The molecule has 21 heavy (non-hydrogen) atoms. The molecule has 0 aliphatic carbocycles. The zero-order valence-electron chi connectivity index (χ0n) is 12.0. The molecule has 3 nitrogen and oxygen atoms in total. The highest BCUT2D eigenvalue weighted by Crippen LogP contribution is 2.39. The quantitative estimate of drug-likeness (QED) is 0.866. The van der Waals surface area contributed by atoms with E-state index in [4.69, 9.17) is 16.3 Å². The second kappa shape index (κ2) is 5.41. The number of likely N-dealkylation sites (N-methyl/N-ethyl adjacent to an activating group) is 1. The zero-order valence-corrected chi connectivity index (χ0v) is 12.7. The zero-order chi connectivity index (χ0) is 15.0. The highest BCUT2D eigenvalue weighted by atomic mass is 35.5. The number of carbonyl (C=O) groups is 1. The van der Waals surface area contributed by atoms with Gasteiger partial charge < -0.3 is 9.64 Å². The van der Waals surface area contributed by atoms with Gasteiger partial charge in [-0.1, -0.05) is 29.8 Å². The van der Waals surface area contributed by atoms with Gasteiger partial charge in [0.15, 0.2) is 0 Å². The van der Waals surface area contributed by atoms with Crippen LogP contribution in [0.5, 0.6) is 5.75 Å². The van der Waals surface area contributed by atoms with Gasteiger partial charge in [0.1, 0.15) is 5.75 Å². The van der Waals surface area contributed by atoms with Gasteiger partial charge in [0.2, 0.25) is 5.91 Å². The van der Waals surface area contributed by atoms with Crippen molar-refractivity contribution in [3.63, 3.8) is 0 Å². The van der Waals surface area contributed by atoms with Gasteiger partial charge in [-0.3, -0.25) is 4.79 Å². The van der Waals surface area contributed by atoms with Gasteiger partial charge in [-0.25, -0.2) is 0 Å². The summed E-state index contributed by atoms with van der Waals surface area (Å²) in [5.74, 6) is 0.691. The molecule has 0 fully saturated rings. The molecular weight excluding hydrogens is 286 g/mol. The second-order valence-electron chi connectivity index (χ2n) is 5.17. The minimum atomic E-state index is -0.182. The van der Waals surface area contributed by atoms with Crippen LogP contribution in [0, 0.1) is 0 Å². The molecule has 1 heterocycles. The van der Waals surface area contributed by atoms with Crippen molar-refractivity contribution in [3.8, 4) is 5.75 Å². The Bertz CT molecular complexity index is 699. The number of nitrogens with zero attached hydrogens (tertiary/aromatic N) is 1. The minimum absolute atomic E-state index is 0.109. The van der Waals surface area contributed by atoms with Gasteiger partial charge in [-0.05, 0) is 41.8 Å². The van der Waals surface area contributed by atoms with E-state index in [0.29, 0.717) is 11.4 Å². The molecule has 0 radical (unpaired) electrons. The van der Waals surface area contributed by atoms with E-state index in [1.165, 1.54) is 0 Å². The summed E-state index contributed by atoms with van der Waals surface area (Å²) in [6, 6.07) is 13.4. The molecule has 0 aromatic heterocycles. The lowest BCUT2D eigenvalue weighted by Crippen LogP contribution is -2.25. The van der Waals surface area contributed by atoms with Crippen LogP contribution in [0.1, 0.15) is 17.0 Å². The van der Waals surface area contributed by atoms with Crippen LogP contribution in [-0.4, -0.2) is 20.1 Å². The van der Waals surface area contributed by atoms with Crippen LogP contribution >= 0.6 is 11.6 Å². The Morgan fingerprint density at radius 2 is 2.00 bits per heavy atom. The number of benzene rings is 2. The van der Waals surface area contributed by atoms with Crippen LogP contribution in [0.15, 0.2) is 42.5 Å². The lowest BCUT2D eigenvalue weighted by Gasteiger charge is -2.14. The Morgan fingerprint density at radius 1 is 1.24 bits per heavy atom. The number of halogens is 1. The number of amides is 1. The van der Waals surface area contributed by atoms with Crippen molar-refractivity contribution in [2.24, 2.45) is 0 Å². The normalized spacial score (nSPS) is 17.0. The molecule has 3 rings (SSSR count). The van der Waals surface area contributed by atoms with E-state index in [1.807, 2.05) is 43.4 Å².